The predicted molar refractivity (Wildman–Crippen MR) is 115 cm³/mol. The molecule has 0 spiro atoms. The van der Waals surface area contributed by atoms with Gasteiger partial charge >= 0.3 is 0 Å². The van der Waals surface area contributed by atoms with Crippen molar-refractivity contribution in [1.29, 1.82) is 0 Å². The van der Waals surface area contributed by atoms with E-state index in [1.54, 1.807) is 44.5 Å². The van der Waals surface area contributed by atoms with E-state index in [2.05, 4.69) is 20.5 Å². The highest BCUT2D eigenvalue weighted by molar-refractivity contribution is 6.35. The summed E-state index contributed by atoms with van der Waals surface area (Å²) >= 11 is 12.1. The van der Waals surface area contributed by atoms with Gasteiger partial charge in [0.2, 0.25) is 5.95 Å². The molecule has 1 heterocycles. The molecule has 0 aliphatic heterocycles. The normalized spacial score (nSPS) is 10.9. The molecule has 1 aromatic heterocycles. The van der Waals surface area contributed by atoms with Gasteiger partial charge in [0, 0.05) is 27.4 Å². The van der Waals surface area contributed by atoms with E-state index >= 15 is 0 Å². The summed E-state index contributed by atoms with van der Waals surface area (Å²) in [5.41, 5.74) is 4.61. The lowest BCUT2D eigenvalue weighted by atomic mass is 10.2. The van der Waals surface area contributed by atoms with Gasteiger partial charge in [0.1, 0.15) is 6.61 Å². The first-order valence-corrected chi connectivity index (χ1v) is 9.32. The van der Waals surface area contributed by atoms with Gasteiger partial charge in [-0.2, -0.15) is 5.10 Å². The Morgan fingerprint density at radius 3 is 2.72 bits per heavy atom. The molecule has 0 saturated carbocycles. The second-order valence-corrected chi connectivity index (χ2v) is 6.88. The van der Waals surface area contributed by atoms with Crippen LogP contribution in [0.25, 0.3) is 0 Å². The minimum atomic E-state index is -0.251. The van der Waals surface area contributed by atoms with Crippen LogP contribution in [0.3, 0.4) is 0 Å². The second-order valence-electron chi connectivity index (χ2n) is 6.04. The van der Waals surface area contributed by atoms with E-state index in [4.69, 9.17) is 32.7 Å². The average molecular weight is 433 g/mol. The van der Waals surface area contributed by atoms with Crippen LogP contribution in [0, 0.1) is 6.92 Å². The van der Waals surface area contributed by atoms with Crippen LogP contribution >= 0.6 is 23.2 Å². The minimum absolute atomic E-state index is 0.251. The van der Waals surface area contributed by atoms with Crippen molar-refractivity contribution in [3.05, 3.63) is 79.7 Å². The lowest BCUT2D eigenvalue weighted by molar-refractivity contribution is 0.284. The molecule has 0 atom stereocenters. The van der Waals surface area contributed by atoms with E-state index in [0.29, 0.717) is 27.2 Å². The largest absolute Gasteiger partial charge is 0.493 e. The smallest absolute Gasteiger partial charge is 0.252 e. The molecule has 0 fully saturated rings. The van der Waals surface area contributed by atoms with E-state index < -0.39 is 0 Å². The van der Waals surface area contributed by atoms with E-state index in [9.17, 15) is 4.79 Å². The van der Waals surface area contributed by atoms with Crippen LogP contribution in [-0.4, -0.2) is 23.3 Å². The number of H-pyrrole nitrogens is 1. The van der Waals surface area contributed by atoms with Crippen molar-refractivity contribution in [3.8, 4) is 11.5 Å². The molecule has 3 aromatic rings. The molecule has 3 rings (SSSR count). The number of ether oxygens (including phenoxy) is 2. The van der Waals surface area contributed by atoms with E-state index in [1.165, 1.54) is 6.07 Å². The standard InChI is InChI=1S/C20H18Cl2N4O3/c1-12-7-19(27)25-20(24-12)26-23-10-13-3-6-17(18(8-13)28-2)29-11-14-4-5-15(21)9-16(14)22/h3-10H,11H2,1-2H3,(H2,24,25,26,27)/b23-10-. The molecule has 0 aliphatic carbocycles. The molecular formula is C20H18Cl2N4O3. The molecule has 2 aromatic carbocycles. The third kappa shape index (κ3) is 5.73. The second kappa shape index (κ2) is 9.45. The molecule has 150 valence electrons. The van der Waals surface area contributed by atoms with Crippen molar-refractivity contribution < 1.29 is 9.47 Å². The Morgan fingerprint density at radius 1 is 1.17 bits per heavy atom. The van der Waals surface area contributed by atoms with Gasteiger partial charge in [-0.15, -0.1) is 0 Å². The fraction of sp³-hybridized carbons (Fsp3) is 0.150. The van der Waals surface area contributed by atoms with Crippen molar-refractivity contribution in [2.75, 3.05) is 12.5 Å². The van der Waals surface area contributed by atoms with Crippen LogP contribution < -0.4 is 20.5 Å². The Bertz CT molecular complexity index is 1100. The van der Waals surface area contributed by atoms with E-state index in [1.807, 2.05) is 12.1 Å². The molecule has 0 unspecified atom stereocenters. The van der Waals surface area contributed by atoms with E-state index in [-0.39, 0.29) is 18.1 Å². The Labute approximate surface area is 177 Å². The van der Waals surface area contributed by atoms with Gasteiger partial charge in [-0.1, -0.05) is 29.3 Å². The summed E-state index contributed by atoms with van der Waals surface area (Å²) in [5.74, 6) is 1.37. The highest BCUT2D eigenvalue weighted by atomic mass is 35.5. The van der Waals surface area contributed by atoms with Crippen molar-refractivity contribution in [1.82, 2.24) is 9.97 Å². The van der Waals surface area contributed by atoms with Crippen LogP contribution in [0.5, 0.6) is 11.5 Å². The van der Waals surface area contributed by atoms with Gasteiger partial charge in [-0.3, -0.25) is 9.78 Å². The predicted octanol–water partition coefficient (Wildman–Crippen LogP) is 4.42. The number of nitrogens with one attached hydrogen (secondary N) is 2. The highest BCUT2D eigenvalue weighted by Crippen LogP contribution is 2.29. The number of rotatable bonds is 7. The van der Waals surface area contributed by atoms with Crippen LogP contribution in [0.4, 0.5) is 5.95 Å². The zero-order valence-electron chi connectivity index (χ0n) is 15.7. The molecule has 0 aliphatic rings. The number of hydrazone groups is 1. The molecule has 9 heteroatoms. The first-order valence-electron chi connectivity index (χ1n) is 8.56. The maximum absolute atomic E-state index is 11.4. The monoisotopic (exact) mass is 432 g/mol. The topological polar surface area (TPSA) is 88.6 Å². The third-order valence-corrected chi connectivity index (χ3v) is 4.43. The lowest BCUT2D eigenvalue weighted by Gasteiger charge is -2.12. The lowest BCUT2D eigenvalue weighted by Crippen LogP contribution is -2.10. The summed E-state index contributed by atoms with van der Waals surface area (Å²) in [6.07, 6.45) is 1.57. The van der Waals surface area contributed by atoms with Gasteiger partial charge in [-0.25, -0.2) is 10.4 Å². The Morgan fingerprint density at radius 2 is 2.00 bits per heavy atom. The summed E-state index contributed by atoms with van der Waals surface area (Å²) < 4.78 is 11.2. The maximum Gasteiger partial charge on any atom is 0.252 e. The van der Waals surface area contributed by atoms with Gasteiger partial charge < -0.3 is 9.47 Å². The Balaban J connectivity index is 1.68. The summed E-state index contributed by atoms with van der Waals surface area (Å²) in [5, 5.41) is 5.18. The molecule has 29 heavy (non-hydrogen) atoms. The molecule has 7 nitrogen and oxygen atoms in total. The van der Waals surface area contributed by atoms with Crippen LogP contribution in [0.2, 0.25) is 10.0 Å². The first-order chi connectivity index (χ1) is 13.9. The fourth-order valence-corrected chi connectivity index (χ4v) is 2.94. The number of halogens is 2. The van der Waals surface area contributed by atoms with Gasteiger partial charge in [-0.05, 0) is 42.8 Å². The Hall–Kier alpha value is -3.03. The van der Waals surface area contributed by atoms with Crippen LogP contribution in [-0.2, 0) is 6.61 Å². The third-order valence-electron chi connectivity index (χ3n) is 3.84. The summed E-state index contributed by atoms with van der Waals surface area (Å²) in [7, 11) is 1.55. The number of aromatic amines is 1. The summed E-state index contributed by atoms with van der Waals surface area (Å²) in [6, 6.07) is 12.0. The van der Waals surface area contributed by atoms with Crippen molar-refractivity contribution in [2.24, 2.45) is 5.10 Å². The highest BCUT2D eigenvalue weighted by Gasteiger charge is 2.08. The Kier molecular flexibility index (Phi) is 6.74. The van der Waals surface area contributed by atoms with Gasteiger partial charge in [0.15, 0.2) is 11.5 Å². The van der Waals surface area contributed by atoms with Gasteiger partial charge in [0.05, 0.1) is 13.3 Å². The van der Waals surface area contributed by atoms with E-state index in [0.717, 1.165) is 11.1 Å². The first kappa shape index (κ1) is 20.7. The quantitative estimate of drug-likeness (QED) is 0.426. The SMILES string of the molecule is COc1cc(/C=N\Nc2nc(C)cc(=O)[nH]2)ccc1OCc1ccc(Cl)cc1Cl. The molecule has 0 saturated heterocycles. The number of anilines is 1. The van der Waals surface area contributed by atoms with Crippen molar-refractivity contribution in [3.63, 3.8) is 0 Å². The number of aryl methyl sites for hydroxylation is 1. The summed E-state index contributed by atoms with van der Waals surface area (Å²) in [4.78, 5) is 18.1. The number of benzene rings is 2. The van der Waals surface area contributed by atoms with Gasteiger partial charge in [0.25, 0.3) is 5.56 Å². The van der Waals surface area contributed by atoms with Crippen LogP contribution in [0.15, 0.2) is 52.4 Å². The molecule has 0 amide bonds. The molecule has 2 N–H and O–H groups in total. The zero-order valence-corrected chi connectivity index (χ0v) is 17.2. The number of nitrogens with zero attached hydrogens (tertiary/aromatic N) is 2. The minimum Gasteiger partial charge on any atom is -0.493 e. The fourth-order valence-electron chi connectivity index (χ4n) is 2.48. The molecule has 0 radical (unpaired) electrons. The maximum atomic E-state index is 11.4. The molecule has 0 bridgehead atoms. The average Bonchev–Trinajstić information content (AvgIpc) is 2.67. The zero-order chi connectivity index (χ0) is 20.8. The number of aromatic nitrogens is 2. The van der Waals surface area contributed by atoms with Crippen molar-refractivity contribution >= 4 is 35.4 Å². The van der Waals surface area contributed by atoms with Crippen molar-refractivity contribution in [2.45, 2.75) is 13.5 Å². The number of hydrogen-bond donors (Lipinski definition) is 2. The van der Waals surface area contributed by atoms with Crippen LogP contribution in [0.1, 0.15) is 16.8 Å². The summed E-state index contributed by atoms with van der Waals surface area (Å²) in [6.45, 7) is 2.00. The molecular weight excluding hydrogens is 415 g/mol. The number of methoxy groups -OCH3 is 1. The number of hydrogen-bond acceptors (Lipinski definition) is 6.